The van der Waals surface area contributed by atoms with E-state index in [9.17, 15) is 8.42 Å². The minimum Gasteiger partial charge on any atom is -0.381 e. The van der Waals surface area contributed by atoms with Crippen molar-refractivity contribution in [2.24, 2.45) is 12.5 Å². The van der Waals surface area contributed by atoms with Crippen molar-refractivity contribution in [2.45, 2.75) is 23.9 Å². The van der Waals surface area contributed by atoms with Crippen LogP contribution in [0.4, 0.5) is 0 Å². The molecule has 0 N–H and O–H groups in total. The van der Waals surface area contributed by atoms with Crippen molar-refractivity contribution in [1.29, 1.82) is 0 Å². The molecule has 4 heterocycles. The third-order valence-corrected chi connectivity index (χ3v) is 7.12. The molecule has 1 aromatic heterocycles. The molecule has 0 unspecified atom stereocenters. The molecule has 0 saturated carbocycles. The number of sulfonamides is 1. The lowest BCUT2D eigenvalue weighted by Gasteiger charge is -2.61. The maximum absolute atomic E-state index is 12.6. The molecule has 0 amide bonds. The standard InChI is InChI=1S/C14H21BN4O3S/c1-17-13(6-12(15)16-17)23(20,21)19-9-14(10-19)7-18(8-14)11-2-4-22-5-3-11/h6,11H,2-5,7-10H2,1H3. The molecule has 0 bridgehead atoms. The van der Waals surface area contributed by atoms with Crippen LogP contribution in [-0.2, 0) is 21.8 Å². The molecule has 124 valence electrons. The van der Waals surface area contributed by atoms with E-state index in [1.807, 2.05) is 0 Å². The number of hydrogen-bond donors (Lipinski definition) is 0. The van der Waals surface area contributed by atoms with Crippen LogP contribution in [-0.4, -0.2) is 80.7 Å². The summed E-state index contributed by atoms with van der Waals surface area (Å²) in [5.74, 6) is 0. The fourth-order valence-corrected chi connectivity index (χ4v) is 5.84. The molecule has 3 saturated heterocycles. The Kier molecular flexibility index (Phi) is 3.60. The topological polar surface area (TPSA) is 67.7 Å². The highest BCUT2D eigenvalue weighted by atomic mass is 32.2. The van der Waals surface area contributed by atoms with Gasteiger partial charge < -0.3 is 4.74 Å². The molecule has 0 atom stereocenters. The average molecular weight is 336 g/mol. The molecule has 3 aliphatic rings. The lowest BCUT2D eigenvalue weighted by Crippen LogP contribution is -2.74. The summed E-state index contributed by atoms with van der Waals surface area (Å²) >= 11 is 0. The normalized spacial score (nSPS) is 26.1. The first kappa shape index (κ1) is 15.6. The van der Waals surface area contributed by atoms with Crippen molar-refractivity contribution < 1.29 is 13.2 Å². The first-order valence-electron chi connectivity index (χ1n) is 8.01. The number of hydrogen-bond acceptors (Lipinski definition) is 5. The van der Waals surface area contributed by atoms with Crippen LogP contribution in [0, 0.1) is 5.41 Å². The Bertz CT molecular complexity index is 700. The Morgan fingerprint density at radius 3 is 2.48 bits per heavy atom. The molecule has 1 aromatic rings. The predicted octanol–water partition coefficient (Wildman–Crippen LogP) is -1.30. The van der Waals surface area contributed by atoms with Gasteiger partial charge in [-0.3, -0.25) is 9.58 Å². The Morgan fingerprint density at radius 1 is 1.26 bits per heavy atom. The Labute approximate surface area is 138 Å². The van der Waals surface area contributed by atoms with Gasteiger partial charge in [0.1, 0.15) is 7.85 Å². The van der Waals surface area contributed by atoms with Crippen molar-refractivity contribution in [3.05, 3.63) is 6.07 Å². The molecule has 7 nitrogen and oxygen atoms in total. The number of nitrogens with zero attached hydrogens (tertiary/aromatic N) is 4. The van der Waals surface area contributed by atoms with E-state index < -0.39 is 10.0 Å². The van der Waals surface area contributed by atoms with Gasteiger partial charge in [-0.2, -0.15) is 9.40 Å². The first-order chi connectivity index (χ1) is 10.9. The summed E-state index contributed by atoms with van der Waals surface area (Å²) in [5, 5.41) is 4.10. The second kappa shape index (κ2) is 5.30. The number of ether oxygens (including phenoxy) is 1. The Hall–Kier alpha value is -0.895. The van der Waals surface area contributed by atoms with E-state index in [-0.39, 0.29) is 16.0 Å². The molecule has 3 fully saturated rings. The minimum atomic E-state index is -3.49. The number of aromatic nitrogens is 2. The van der Waals surface area contributed by atoms with Crippen LogP contribution >= 0.6 is 0 Å². The van der Waals surface area contributed by atoms with Gasteiger partial charge in [-0.05, 0) is 18.9 Å². The highest BCUT2D eigenvalue weighted by Crippen LogP contribution is 2.43. The monoisotopic (exact) mass is 336 g/mol. The molecule has 0 aliphatic carbocycles. The van der Waals surface area contributed by atoms with E-state index in [0.717, 1.165) is 39.1 Å². The van der Waals surface area contributed by atoms with Gasteiger partial charge in [-0.1, -0.05) is 0 Å². The summed E-state index contributed by atoms with van der Waals surface area (Å²) < 4.78 is 33.6. The van der Waals surface area contributed by atoms with E-state index >= 15 is 0 Å². The second-order valence-corrected chi connectivity index (χ2v) is 8.94. The van der Waals surface area contributed by atoms with Gasteiger partial charge in [-0.15, -0.1) is 0 Å². The quantitative estimate of drug-likeness (QED) is 0.642. The SMILES string of the molecule is [B]c1cc(S(=O)(=O)N2CC3(CN(C4CCOCC4)C3)C2)n(C)n1. The lowest BCUT2D eigenvalue weighted by atomic mass is 9.73. The van der Waals surface area contributed by atoms with Crippen LogP contribution < -0.4 is 5.59 Å². The third-order valence-electron chi connectivity index (χ3n) is 5.27. The van der Waals surface area contributed by atoms with Crippen LogP contribution in [0.5, 0.6) is 0 Å². The lowest BCUT2D eigenvalue weighted by molar-refractivity contribution is -0.116. The third kappa shape index (κ3) is 2.54. The largest absolute Gasteiger partial charge is 0.381 e. The maximum atomic E-state index is 12.6. The van der Waals surface area contributed by atoms with E-state index in [0.29, 0.717) is 19.1 Å². The highest BCUT2D eigenvalue weighted by molar-refractivity contribution is 7.89. The number of likely N-dealkylation sites (tertiary alicyclic amines) is 1. The van der Waals surface area contributed by atoms with Crippen molar-refractivity contribution >= 4 is 23.5 Å². The number of aryl methyl sites for hydroxylation is 1. The second-order valence-electron chi connectivity index (χ2n) is 7.05. The molecule has 2 radical (unpaired) electrons. The van der Waals surface area contributed by atoms with Gasteiger partial charge in [0.25, 0.3) is 10.0 Å². The molecular weight excluding hydrogens is 315 g/mol. The summed E-state index contributed by atoms with van der Waals surface area (Å²) in [4.78, 5) is 2.48. The van der Waals surface area contributed by atoms with Crippen LogP contribution in [0.15, 0.2) is 11.1 Å². The molecule has 9 heteroatoms. The van der Waals surface area contributed by atoms with Gasteiger partial charge in [-0.25, -0.2) is 8.42 Å². The maximum Gasteiger partial charge on any atom is 0.260 e. The van der Waals surface area contributed by atoms with Crippen molar-refractivity contribution in [1.82, 2.24) is 19.0 Å². The van der Waals surface area contributed by atoms with E-state index in [1.165, 1.54) is 10.7 Å². The Morgan fingerprint density at radius 2 is 1.91 bits per heavy atom. The van der Waals surface area contributed by atoms with Crippen molar-refractivity contribution in [2.75, 3.05) is 39.4 Å². The summed E-state index contributed by atoms with van der Waals surface area (Å²) in [6.07, 6.45) is 2.18. The van der Waals surface area contributed by atoms with Gasteiger partial charge in [0.15, 0.2) is 5.03 Å². The highest BCUT2D eigenvalue weighted by Gasteiger charge is 2.56. The van der Waals surface area contributed by atoms with Crippen LogP contribution in [0.3, 0.4) is 0 Å². The average Bonchev–Trinajstić information content (AvgIpc) is 2.76. The fraction of sp³-hybridized carbons (Fsp3) is 0.786. The van der Waals surface area contributed by atoms with Crippen LogP contribution in [0.2, 0.25) is 0 Å². The molecule has 0 aromatic carbocycles. The molecule has 3 aliphatic heterocycles. The molecule has 1 spiro atoms. The number of rotatable bonds is 3. The first-order valence-corrected chi connectivity index (χ1v) is 9.45. The molecule has 4 rings (SSSR count). The van der Waals surface area contributed by atoms with Gasteiger partial charge in [0.2, 0.25) is 0 Å². The predicted molar refractivity (Wildman–Crippen MR) is 85.2 cm³/mol. The Balaban J connectivity index is 1.38. The van der Waals surface area contributed by atoms with Crippen molar-refractivity contribution in [3.63, 3.8) is 0 Å². The van der Waals surface area contributed by atoms with Gasteiger partial charge >= 0.3 is 0 Å². The zero-order chi connectivity index (χ0) is 16.2. The van der Waals surface area contributed by atoms with Gasteiger partial charge in [0.05, 0.1) is 0 Å². The van der Waals surface area contributed by atoms with E-state index in [1.54, 1.807) is 11.4 Å². The summed E-state index contributed by atoms with van der Waals surface area (Å²) in [6, 6.07) is 2.03. The summed E-state index contributed by atoms with van der Waals surface area (Å²) in [5.41, 5.74) is 0.380. The molecule has 23 heavy (non-hydrogen) atoms. The van der Waals surface area contributed by atoms with Crippen LogP contribution in [0.1, 0.15) is 12.8 Å². The van der Waals surface area contributed by atoms with E-state index in [2.05, 4.69) is 10.00 Å². The molecular formula is C14H21BN4O3S. The zero-order valence-electron chi connectivity index (χ0n) is 13.3. The minimum absolute atomic E-state index is 0.148. The fourth-order valence-electron chi connectivity index (χ4n) is 4.04. The summed E-state index contributed by atoms with van der Waals surface area (Å²) in [7, 11) is 3.72. The summed E-state index contributed by atoms with van der Waals surface area (Å²) in [6.45, 7) is 4.88. The van der Waals surface area contributed by atoms with Crippen LogP contribution in [0.25, 0.3) is 0 Å². The van der Waals surface area contributed by atoms with Crippen molar-refractivity contribution in [3.8, 4) is 0 Å². The smallest absolute Gasteiger partial charge is 0.260 e. The van der Waals surface area contributed by atoms with E-state index in [4.69, 9.17) is 12.6 Å². The van der Waals surface area contributed by atoms with Gasteiger partial charge in [0, 0.05) is 63.5 Å². The zero-order valence-corrected chi connectivity index (χ0v) is 14.1.